The van der Waals surface area contributed by atoms with E-state index in [4.69, 9.17) is 28.9 Å². The van der Waals surface area contributed by atoms with Gasteiger partial charge in [-0.2, -0.15) is 4.31 Å². The molecule has 0 aromatic heterocycles. The van der Waals surface area contributed by atoms with Crippen molar-refractivity contribution in [3.8, 4) is 0 Å². The molecule has 0 unspecified atom stereocenters. The van der Waals surface area contributed by atoms with Crippen molar-refractivity contribution in [3.63, 3.8) is 0 Å². The van der Waals surface area contributed by atoms with E-state index >= 15 is 0 Å². The first-order chi connectivity index (χ1) is 8.95. The van der Waals surface area contributed by atoms with Gasteiger partial charge in [0.25, 0.3) is 0 Å². The first kappa shape index (κ1) is 17.5. The minimum absolute atomic E-state index is 0.0892. The molecule has 1 rings (SSSR count). The molecule has 0 saturated carbocycles. The van der Waals surface area contributed by atoms with Crippen LogP contribution in [0.4, 0.5) is 5.69 Å². The summed E-state index contributed by atoms with van der Waals surface area (Å²) in [6.07, 6.45) is 1.02. The van der Waals surface area contributed by atoms with Crippen LogP contribution in [0.2, 0.25) is 10.0 Å². The Labute approximate surface area is 128 Å². The normalized spacial score (nSPS) is 12.8. The number of anilines is 1. The fraction of sp³-hybridized carbons (Fsp3) is 0.400. The molecule has 10 heteroatoms. The number of nitrogens with two attached hydrogens (primary N) is 1. The predicted octanol–water partition coefficient (Wildman–Crippen LogP) is 1.24. The van der Waals surface area contributed by atoms with Crippen molar-refractivity contribution in [2.45, 2.75) is 4.90 Å². The van der Waals surface area contributed by atoms with E-state index in [0.29, 0.717) is 0 Å². The molecule has 0 radical (unpaired) electrons. The van der Waals surface area contributed by atoms with E-state index in [1.807, 2.05) is 0 Å². The van der Waals surface area contributed by atoms with Crippen LogP contribution in [0.5, 0.6) is 0 Å². The molecular weight excluding hydrogens is 347 g/mol. The number of nitrogens with zero attached hydrogens (tertiary/aromatic N) is 1. The summed E-state index contributed by atoms with van der Waals surface area (Å²) in [6, 6.07) is 2.53. The Morgan fingerprint density at radius 2 is 1.75 bits per heavy atom. The highest BCUT2D eigenvalue weighted by Crippen LogP contribution is 2.32. The molecule has 20 heavy (non-hydrogen) atoms. The van der Waals surface area contributed by atoms with Crippen LogP contribution in [0, 0.1) is 0 Å². The van der Waals surface area contributed by atoms with Crippen molar-refractivity contribution >= 4 is 48.7 Å². The van der Waals surface area contributed by atoms with Crippen molar-refractivity contribution in [3.05, 3.63) is 22.2 Å². The molecule has 0 atom stereocenters. The van der Waals surface area contributed by atoms with Gasteiger partial charge in [-0.1, -0.05) is 23.2 Å². The molecule has 0 amide bonds. The van der Waals surface area contributed by atoms with Crippen molar-refractivity contribution in [1.29, 1.82) is 0 Å². The smallest absolute Gasteiger partial charge is 0.246 e. The van der Waals surface area contributed by atoms with Crippen molar-refractivity contribution in [1.82, 2.24) is 4.31 Å². The molecule has 0 aliphatic heterocycles. The average molecular weight is 361 g/mol. The van der Waals surface area contributed by atoms with E-state index in [-0.39, 0.29) is 32.9 Å². The lowest BCUT2D eigenvalue weighted by molar-refractivity contribution is 0.485. The zero-order valence-electron chi connectivity index (χ0n) is 10.8. The zero-order chi connectivity index (χ0) is 15.7. The number of nitrogen functional groups attached to an aromatic ring is 1. The molecule has 0 bridgehead atoms. The third-order valence-corrected chi connectivity index (χ3v) is 6.01. The van der Waals surface area contributed by atoms with Crippen LogP contribution in [-0.2, 0) is 19.9 Å². The number of sulfonamides is 1. The minimum Gasteiger partial charge on any atom is -0.398 e. The second-order valence-corrected chi connectivity index (χ2v) is 9.35. The van der Waals surface area contributed by atoms with E-state index in [2.05, 4.69) is 0 Å². The maximum Gasteiger partial charge on any atom is 0.246 e. The summed E-state index contributed by atoms with van der Waals surface area (Å²) in [5, 5.41) is 0.103. The molecular formula is C10H14Cl2N2O4S2. The van der Waals surface area contributed by atoms with Gasteiger partial charge in [-0.25, -0.2) is 16.8 Å². The second kappa shape index (κ2) is 6.07. The lowest BCUT2D eigenvalue weighted by atomic mass is 10.3. The lowest BCUT2D eigenvalue weighted by Crippen LogP contribution is -2.32. The fourth-order valence-corrected chi connectivity index (χ4v) is 4.25. The van der Waals surface area contributed by atoms with E-state index in [9.17, 15) is 16.8 Å². The first-order valence-electron chi connectivity index (χ1n) is 5.34. The minimum atomic E-state index is -3.99. The highest BCUT2D eigenvalue weighted by Gasteiger charge is 2.27. The first-order valence-corrected chi connectivity index (χ1v) is 9.59. The standard InChI is InChI=1S/C10H14Cl2N2O4S2/c1-14(3-4-19(2,15)16)20(17,18)10-8(12)5-7(11)6-9(10)13/h5-6H,3-4,13H2,1-2H3. The van der Waals surface area contributed by atoms with Crippen molar-refractivity contribution in [2.75, 3.05) is 31.3 Å². The molecule has 114 valence electrons. The molecule has 0 aliphatic rings. The van der Waals surface area contributed by atoms with E-state index < -0.39 is 19.9 Å². The van der Waals surface area contributed by atoms with Crippen molar-refractivity contribution < 1.29 is 16.8 Å². The fourth-order valence-electron chi connectivity index (χ4n) is 1.42. The van der Waals surface area contributed by atoms with Gasteiger partial charge in [-0.3, -0.25) is 0 Å². The van der Waals surface area contributed by atoms with Gasteiger partial charge in [0, 0.05) is 24.9 Å². The molecule has 0 saturated heterocycles. The summed E-state index contributed by atoms with van der Waals surface area (Å²) in [5.41, 5.74) is 5.55. The third kappa shape index (κ3) is 4.23. The van der Waals surface area contributed by atoms with Crippen LogP contribution in [0.25, 0.3) is 0 Å². The van der Waals surface area contributed by atoms with Crippen LogP contribution in [0.15, 0.2) is 17.0 Å². The summed E-state index contributed by atoms with van der Waals surface area (Å²) < 4.78 is 47.7. The molecule has 2 N–H and O–H groups in total. The van der Waals surface area contributed by atoms with Gasteiger partial charge in [0.2, 0.25) is 10.0 Å². The number of halogens is 2. The van der Waals surface area contributed by atoms with Crippen LogP contribution in [-0.4, -0.2) is 46.7 Å². The molecule has 0 spiro atoms. The van der Waals surface area contributed by atoms with E-state index in [1.54, 1.807) is 0 Å². The number of rotatable bonds is 5. The SMILES string of the molecule is CN(CCS(C)(=O)=O)S(=O)(=O)c1c(N)cc(Cl)cc1Cl. The van der Waals surface area contributed by atoms with Gasteiger partial charge >= 0.3 is 0 Å². The summed E-state index contributed by atoms with van der Waals surface area (Å²) >= 11 is 11.6. The number of benzene rings is 1. The highest BCUT2D eigenvalue weighted by molar-refractivity contribution is 7.91. The van der Waals surface area contributed by atoms with Gasteiger partial charge in [0.05, 0.1) is 16.5 Å². The highest BCUT2D eigenvalue weighted by atomic mass is 35.5. The van der Waals surface area contributed by atoms with Crippen LogP contribution in [0.1, 0.15) is 0 Å². The topological polar surface area (TPSA) is 97.5 Å². The van der Waals surface area contributed by atoms with Crippen LogP contribution in [0.3, 0.4) is 0 Å². The Balaban J connectivity index is 3.18. The van der Waals surface area contributed by atoms with E-state index in [0.717, 1.165) is 10.6 Å². The van der Waals surface area contributed by atoms with Gasteiger partial charge < -0.3 is 5.73 Å². The average Bonchev–Trinajstić information content (AvgIpc) is 2.22. The lowest BCUT2D eigenvalue weighted by Gasteiger charge is -2.19. The Hall–Kier alpha value is -0.540. The quantitative estimate of drug-likeness (QED) is 0.796. The number of sulfone groups is 1. The molecule has 0 heterocycles. The number of hydrogen-bond donors (Lipinski definition) is 1. The Kier molecular flexibility index (Phi) is 5.31. The van der Waals surface area contributed by atoms with Gasteiger partial charge in [-0.15, -0.1) is 0 Å². The molecule has 0 aliphatic carbocycles. The Bertz CT molecular complexity index is 694. The van der Waals surface area contributed by atoms with Crippen molar-refractivity contribution in [2.24, 2.45) is 0 Å². The summed E-state index contributed by atoms with van der Waals surface area (Å²) in [4.78, 5) is -0.278. The van der Waals surface area contributed by atoms with E-state index in [1.165, 1.54) is 19.2 Å². The number of hydrogen-bond acceptors (Lipinski definition) is 5. The summed E-state index contributed by atoms with van der Waals surface area (Å²) in [7, 11) is -6.01. The Morgan fingerprint density at radius 1 is 1.20 bits per heavy atom. The predicted molar refractivity (Wildman–Crippen MR) is 80.4 cm³/mol. The maximum atomic E-state index is 12.3. The molecule has 6 nitrogen and oxygen atoms in total. The van der Waals surface area contributed by atoms with Gasteiger partial charge in [0.15, 0.2) is 0 Å². The largest absolute Gasteiger partial charge is 0.398 e. The molecule has 0 fully saturated rings. The second-order valence-electron chi connectivity index (χ2n) is 4.26. The van der Waals surface area contributed by atoms with Gasteiger partial charge in [0.1, 0.15) is 14.7 Å². The zero-order valence-corrected chi connectivity index (χ0v) is 13.9. The molecule has 1 aromatic carbocycles. The third-order valence-electron chi connectivity index (χ3n) is 2.48. The van der Waals surface area contributed by atoms with Crippen LogP contribution >= 0.6 is 23.2 Å². The molecule has 1 aromatic rings. The maximum absolute atomic E-state index is 12.3. The summed E-state index contributed by atoms with van der Waals surface area (Å²) in [6.45, 7) is -0.195. The monoisotopic (exact) mass is 360 g/mol. The van der Waals surface area contributed by atoms with Crippen LogP contribution < -0.4 is 5.73 Å². The Morgan fingerprint density at radius 3 is 2.20 bits per heavy atom. The van der Waals surface area contributed by atoms with Gasteiger partial charge in [-0.05, 0) is 12.1 Å². The summed E-state index contributed by atoms with van der Waals surface area (Å²) in [5.74, 6) is -0.298.